The van der Waals surface area contributed by atoms with Gasteiger partial charge in [-0.2, -0.15) is 5.26 Å². The zero-order chi connectivity index (χ0) is 17.5. The van der Waals surface area contributed by atoms with E-state index in [0.29, 0.717) is 35.1 Å². The number of rotatable bonds is 5. The predicted octanol–water partition coefficient (Wildman–Crippen LogP) is 3.92. The van der Waals surface area contributed by atoms with Gasteiger partial charge in [0.15, 0.2) is 5.11 Å². The molecule has 4 nitrogen and oxygen atoms in total. The molecule has 1 N–H and O–H groups in total. The van der Waals surface area contributed by atoms with Crippen LogP contribution in [0.25, 0.3) is 0 Å². The van der Waals surface area contributed by atoms with Gasteiger partial charge in [-0.1, -0.05) is 18.2 Å². The van der Waals surface area contributed by atoms with Gasteiger partial charge < -0.3 is 15.0 Å². The van der Waals surface area contributed by atoms with Gasteiger partial charge in [0.2, 0.25) is 0 Å². The van der Waals surface area contributed by atoms with Crippen LogP contribution >= 0.6 is 12.2 Å². The maximum atomic E-state index is 14.1. The van der Waals surface area contributed by atoms with Gasteiger partial charge in [0.25, 0.3) is 0 Å². The molecule has 0 atom stereocenters. The van der Waals surface area contributed by atoms with Gasteiger partial charge in [0.1, 0.15) is 11.6 Å². The van der Waals surface area contributed by atoms with Crippen LogP contribution in [0.3, 0.4) is 0 Å². The summed E-state index contributed by atoms with van der Waals surface area (Å²) in [6.45, 7) is 2.87. The summed E-state index contributed by atoms with van der Waals surface area (Å²) in [5.74, 6) is 0.271. The Morgan fingerprint density at radius 3 is 2.71 bits per heavy atom. The molecule has 0 aromatic heterocycles. The number of methoxy groups -OCH3 is 1. The summed E-state index contributed by atoms with van der Waals surface area (Å²) in [6.07, 6.45) is 0. The molecule has 0 aliphatic carbocycles. The van der Waals surface area contributed by atoms with Crippen molar-refractivity contribution in [1.82, 2.24) is 4.90 Å². The third-order valence-corrected chi connectivity index (χ3v) is 3.92. The lowest BCUT2D eigenvalue weighted by atomic mass is 10.1. The maximum Gasteiger partial charge on any atom is 0.173 e. The van der Waals surface area contributed by atoms with Crippen LogP contribution in [-0.2, 0) is 6.54 Å². The van der Waals surface area contributed by atoms with Crippen LogP contribution in [-0.4, -0.2) is 23.7 Å². The third-order valence-electron chi connectivity index (χ3n) is 3.56. The third kappa shape index (κ3) is 4.21. The first-order valence-electron chi connectivity index (χ1n) is 7.46. The summed E-state index contributed by atoms with van der Waals surface area (Å²) in [5, 5.41) is 12.4. The number of anilines is 1. The highest BCUT2D eigenvalue weighted by atomic mass is 32.1. The van der Waals surface area contributed by atoms with E-state index in [0.717, 1.165) is 5.69 Å². The van der Waals surface area contributed by atoms with Crippen molar-refractivity contribution >= 4 is 23.0 Å². The minimum Gasteiger partial charge on any atom is -0.495 e. The van der Waals surface area contributed by atoms with E-state index in [9.17, 15) is 4.39 Å². The lowest BCUT2D eigenvalue weighted by Gasteiger charge is -2.25. The topological polar surface area (TPSA) is 48.3 Å². The Morgan fingerprint density at radius 2 is 2.08 bits per heavy atom. The van der Waals surface area contributed by atoms with Crippen LogP contribution in [0.4, 0.5) is 10.1 Å². The minimum absolute atomic E-state index is 0.300. The lowest BCUT2D eigenvalue weighted by molar-refractivity contribution is 0.415. The fourth-order valence-corrected chi connectivity index (χ4v) is 2.52. The fourth-order valence-electron chi connectivity index (χ4n) is 2.22. The number of halogens is 1. The molecule has 2 aromatic rings. The molecule has 0 bridgehead atoms. The average molecular weight is 343 g/mol. The van der Waals surface area contributed by atoms with E-state index in [-0.39, 0.29) is 0 Å². The van der Waals surface area contributed by atoms with Crippen molar-refractivity contribution in [3.05, 3.63) is 59.4 Å². The average Bonchev–Trinajstić information content (AvgIpc) is 2.60. The molecular weight excluding hydrogens is 325 g/mol. The van der Waals surface area contributed by atoms with Crippen LogP contribution < -0.4 is 10.1 Å². The molecule has 0 unspecified atom stereocenters. The summed E-state index contributed by atoms with van der Waals surface area (Å²) in [4.78, 5) is 1.84. The SMILES string of the molecule is CCN(Cc1ccc(C#N)cc1F)C(=S)Nc1ccccc1OC. The molecule has 0 saturated heterocycles. The van der Waals surface area contributed by atoms with Gasteiger partial charge in [-0.25, -0.2) is 4.39 Å². The molecule has 24 heavy (non-hydrogen) atoms. The highest BCUT2D eigenvalue weighted by Crippen LogP contribution is 2.23. The van der Waals surface area contributed by atoms with Crippen LogP contribution in [0, 0.1) is 17.1 Å². The Kier molecular flexibility index (Phi) is 6.10. The zero-order valence-corrected chi connectivity index (χ0v) is 14.4. The van der Waals surface area contributed by atoms with Crippen LogP contribution in [0.15, 0.2) is 42.5 Å². The van der Waals surface area contributed by atoms with E-state index in [1.165, 1.54) is 6.07 Å². The minimum atomic E-state index is -0.410. The number of thiocarbonyl (C=S) groups is 1. The summed E-state index contributed by atoms with van der Waals surface area (Å²) in [6, 6.07) is 13.8. The number of nitriles is 1. The molecule has 0 radical (unpaired) electrons. The molecule has 124 valence electrons. The summed E-state index contributed by atoms with van der Waals surface area (Å²) < 4.78 is 19.4. The smallest absolute Gasteiger partial charge is 0.173 e. The quantitative estimate of drug-likeness (QED) is 0.834. The first-order valence-corrected chi connectivity index (χ1v) is 7.87. The number of hydrogen-bond donors (Lipinski definition) is 1. The number of hydrogen-bond acceptors (Lipinski definition) is 3. The van der Waals surface area contributed by atoms with Crippen molar-refractivity contribution in [2.45, 2.75) is 13.5 Å². The Morgan fingerprint density at radius 1 is 1.33 bits per heavy atom. The molecule has 2 aromatic carbocycles. The number of nitrogens with zero attached hydrogens (tertiary/aromatic N) is 2. The lowest BCUT2D eigenvalue weighted by Crippen LogP contribution is -2.34. The van der Waals surface area contributed by atoms with Gasteiger partial charge >= 0.3 is 0 Å². The highest BCUT2D eigenvalue weighted by molar-refractivity contribution is 7.80. The molecule has 0 aliphatic heterocycles. The standard InChI is InChI=1S/C18H18FN3OS/c1-3-22(12-14-9-8-13(11-20)10-15(14)19)18(24)21-16-6-4-5-7-17(16)23-2/h4-10H,3,12H2,1-2H3,(H,21,24). The van der Waals surface area contributed by atoms with Gasteiger partial charge in [-0.3, -0.25) is 0 Å². The Hall–Kier alpha value is -2.65. The zero-order valence-electron chi connectivity index (χ0n) is 13.5. The normalized spacial score (nSPS) is 9.92. The highest BCUT2D eigenvalue weighted by Gasteiger charge is 2.13. The Balaban J connectivity index is 2.13. The van der Waals surface area contributed by atoms with Gasteiger partial charge in [0, 0.05) is 18.7 Å². The molecule has 0 amide bonds. The molecule has 2 rings (SSSR count). The number of nitrogens with one attached hydrogen (secondary N) is 1. The summed E-state index contributed by atoms with van der Waals surface area (Å²) in [7, 11) is 1.59. The molecular formula is C18H18FN3OS. The largest absolute Gasteiger partial charge is 0.495 e. The summed E-state index contributed by atoms with van der Waals surface area (Å²) >= 11 is 5.44. The molecule has 0 fully saturated rings. The van der Waals surface area contributed by atoms with E-state index >= 15 is 0 Å². The van der Waals surface area contributed by atoms with Gasteiger partial charge in [-0.05, 0) is 43.4 Å². The first-order chi connectivity index (χ1) is 11.6. The second kappa shape index (κ2) is 8.27. The maximum absolute atomic E-state index is 14.1. The van der Waals surface area contributed by atoms with E-state index in [1.807, 2.05) is 42.2 Å². The molecule has 0 spiro atoms. The van der Waals surface area contributed by atoms with Crippen molar-refractivity contribution in [2.24, 2.45) is 0 Å². The van der Waals surface area contributed by atoms with E-state index in [4.69, 9.17) is 22.2 Å². The molecule has 6 heteroatoms. The van der Waals surface area contributed by atoms with Crippen molar-refractivity contribution in [3.8, 4) is 11.8 Å². The number of ether oxygens (including phenoxy) is 1. The second-order valence-electron chi connectivity index (χ2n) is 5.06. The van der Waals surface area contributed by atoms with Crippen molar-refractivity contribution in [3.63, 3.8) is 0 Å². The van der Waals surface area contributed by atoms with Crippen LogP contribution in [0.2, 0.25) is 0 Å². The van der Waals surface area contributed by atoms with Crippen molar-refractivity contribution in [1.29, 1.82) is 5.26 Å². The van der Waals surface area contributed by atoms with Gasteiger partial charge in [-0.15, -0.1) is 0 Å². The number of para-hydroxylation sites is 2. The first kappa shape index (κ1) is 17.7. The second-order valence-corrected chi connectivity index (χ2v) is 5.45. The molecule has 0 aliphatic rings. The summed E-state index contributed by atoms with van der Waals surface area (Å²) in [5.41, 5.74) is 1.54. The van der Waals surface area contributed by atoms with Crippen LogP contribution in [0.1, 0.15) is 18.1 Å². The number of benzene rings is 2. The van der Waals surface area contributed by atoms with Crippen molar-refractivity contribution in [2.75, 3.05) is 19.0 Å². The molecule has 0 saturated carbocycles. The monoisotopic (exact) mass is 343 g/mol. The van der Waals surface area contributed by atoms with Crippen molar-refractivity contribution < 1.29 is 9.13 Å². The molecule has 0 heterocycles. The predicted molar refractivity (Wildman–Crippen MR) is 96.4 cm³/mol. The Labute approximate surface area is 146 Å². The fraction of sp³-hybridized carbons (Fsp3) is 0.222. The Bertz CT molecular complexity index is 773. The van der Waals surface area contributed by atoms with E-state index in [2.05, 4.69) is 5.32 Å². The van der Waals surface area contributed by atoms with Crippen LogP contribution in [0.5, 0.6) is 5.75 Å². The van der Waals surface area contributed by atoms with E-state index in [1.54, 1.807) is 19.2 Å². The van der Waals surface area contributed by atoms with E-state index < -0.39 is 5.82 Å². The van der Waals surface area contributed by atoms with Gasteiger partial charge in [0.05, 0.1) is 24.4 Å².